The van der Waals surface area contributed by atoms with Crippen LogP contribution >= 0.6 is 0 Å². The zero-order valence-electron chi connectivity index (χ0n) is 11.3. The molecule has 0 aliphatic carbocycles. The lowest BCUT2D eigenvalue weighted by Gasteiger charge is -2.34. The van der Waals surface area contributed by atoms with Crippen molar-refractivity contribution < 1.29 is 4.74 Å². The molecule has 0 saturated carbocycles. The first-order valence-electron chi connectivity index (χ1n) is 6.82. The third kappa shape index (κ3) is 2.18. The van der Waals surface area contributed by atoms with Crippen molar-refractivity contribution in [3.63, 3.8) is 0 Å². The van der Waals surface area contributed by atoms with Gasteiger partial charge in [0.05, 0.1) is 24.6 Å². The highest BCUT2D eigenvalue weighted by Crippen LogP contribution is 2.22. The third-order valence-corrected chi connectivity index (χ3v) is 4.08. The number of hydrogen-bond donors (Lipinski definition) is 1. The van der Waals surface area contributed by atoms with E-state index < -0.39 is 0 Å². The van der Waals surface area contributed by atoms with Crippen LogP contribution in [0, 0.1) is 0 Å². The number of nitrogens with one attached hydrogen (secondary N) is 1. The van der Waals surface area contributed by atoms with Gasteiger partial charge in [0.25, 0.3) is 0 Å². The number of rotatable bonds is 2. The Bertz CT molecular complexity index is 429. The molecule has 5 nitrogen and oxygen atoms in total. The molecule has 0 radical (unpaired) electrons. The van der Waals surface area contributed by atoms with Gasteiger partial charge in [0.15, 0.2) is 0 Å². The summed E-state index contributed by atoms with van der Waals surface area (Å²) in [6, 6.07) is 0.591. The molecule has 0 bridgehead atoms. The second kappa shape index (κ2) is 4.99. The fourth-order valence-electron chi connectivity index (χ4n) is 2.88. The van der Waals surface area contributed by atoms with E-state index in [0.29, 0.717) is 6.04 Å². The van der Waals surface area contributed by atoms with Crippen LogP contribution in [0.15, 0.2) is 0 Å². The number of aryl methyl sites for hydroxylation is 1. The average molecular weight is 250 g/mol. The van der Waals surface area contributed by atoms with E-state index in [1.165, 1.54) is 17.0 Å². The van der Waals surface area contributed by atoms with E-state index in [9.17, 15) is 0 Å². The van der Waals surface area contributed by atoms with Gasteiger partial charge in [-0.15, -0.1) is 0 Å². The Morgan fingerprint density at radius 3 is 3.22 bits per heavy atom. The monoisotopic (exact) mass is 250 g/mol. The molecule has 1 aromatic heterocycles. The predicted molar refractivity (Wildman–Crippen MR) is 69.3 cm³/mol. The molecule has 3 rings (SSSR count). The van der Waals surface area contributed by atoms with E-state index in [1.54, 1.807) is 0 Å². The van der Waals surface area contributed by atoms with Crippen LogP contribution in [0.25, 0.3) is 0 Å². The van der Waals surface area contributed by atoms with E-state index in [2.05, 4.69) is 29.3 Å². The van der Waals surface area contributed by atoms with Gasteiger partial charge >= 0.3 is 0 Å². The highest BCUT2D eigenvalue weighted by molar-refractivity contribution is 5.27. The van der Waals surface area contributed by atoms with Crippen LogP contribution < -0.4 is 5.32 Å². The molecular weight excluding hydrogens is 228 g/mol. The number of nitrogens with zero attached hydrogens (tertiary/aromatic N) is 3. The minimum atomic E-state index is 0.591. The molecule has 18 heavy (non-hydrogen) atoms. The molecule has 0 amide bonds. The second-order valence-electron chi connectivity index (χ2n) is 5.32. The molecule has 1 atom stereocenters. The Balaban J connectivity index is 1.81. The van der Waals surface area contributed by atoms with Crippen LogP contribution in [0.1, 0.15) is 23.9 Å². The van der Waals surface area contributed by atoms with Crippen molar-refractivity contribution >= 4 is 0 Å². The zero-order valence-corrected chi connectivity index (χ0v) is 11.3. The van der Waals surface area contributed by atoms with Crippen molar-refractivity contribution in [1.82, 2.24) is 20.0 Å². The Hall–Kier alpha value is -0.910. The van der Waals surface area contributed by atoms with E-state index in [4.69, 9.17) is 4.74 Å². The van der Waals surface area contributed by atoms with Gasteiger partial charge in [-0.1, -0.05) is 0 Å². The molecule has 2 aliphatic rings. The van der Waals surface area contributed by atoms with Crippen molar-refractivity contribution in [2.45, 2.75) is 32.5 Å². The van der Waals surface area contributed by atoms with Gasteiger partial charge in [0.2, 0.25) is 0 Å². The van der Waals surface area contributed by atoms with Crippen molar-refractivity contribution in [2.24, 2.45) is 7.05 Å². The Morgan fingerprint density at radius 2 is 2.39 bits per heavy atom. The van der Waals surface area contributed by atoms with Crippen LogP contribution in [0.5, 0.6) is 0 Å². The van der Waals surface area contributed by atoms with Gasteiger partial charge in [-0.25, -0.2) is 0 Å². The normalized spacial score (nSPS) is 25.1. The van der Waals surface area contributed by atoms with Gasteiger partial charge in [0.1, 0.15) is 0 Å². The number of aromatic nitrogens is 2. The third-order valence-electron chi connectivity index (χ3n) is 4.08. The second-order valence-corrected chi connectivity index (χ2v) is 5.32. The van der Waals surface area contributed by atoms with Gasteiger partial charge in [-0.05, 0) is 6.92 Å². The van der Waals surface area contributed by atoms with Crippen LogP contribution in [0.3, 0.4) is 0 Å². The molecule has 1 saturated heterocycles. The van der Waals surface area contributed by atoms with Gasteiger partial charge in [-0.2, -0.15) is 5.10 Å². The molecule has 0 spiro atoms. The lowest BCUT2D eigenvalue weighted by Crippen LogP contribution is -2.49. The average Bonchev–Trinajstić information content (AvgIpc) is 2.69. The maximum absolute atomic E-state index is 5.58. The highest BCUT2D eigenvalue weighted by atomic mass is 16.5. The molecule has 2 aliphatic heterocycles. The summed E-state index contributed by atoms with van der Waals surface area (Å²) in [5.74, 6) is 0. The first kappa shape index (κ1) is 12.1. The van der Waals surface area contributed by atoms with E-state index in [1.807, 2.05) is 4.68 Å². The zero-order chi connectivity index (χ0) is 12.5. The summed E-state index contributed by atoms with van der Waals surface area (Å²) in [5.41, 5.74) is 3.90. The summed E-state index contributed by atoms with van der Waals surface area (Å²) in [5, 5.41) is 8.07. The number of ether oxygens (including phenoxy) is 1. The summed E-state index contributed by atoms with van der Waals surface area (Å²) in [6.45, 7) is 8.10. The first-order chi connectivity index (χ1) is 8.75. The quantitative estimate of drug-likeness (QED) is 0.819. The standard InChI is InChI=1S/C13H22N4O/c1-10-7-14-4-5-17(10)8-13-11-9-18-6-3-12(11)15-16(13)2/h10,14H,3-9H2,1-2H3. The SMILES string of the molecule is CC1CNCCN1Cc1c2c(nn1C)CCOC2. The van der Waals surface area contributed by atoms with Gasteiger partial charge in [0, 0.05) is 51.3 Å². The van der Waals surface area contributed by atoms with Crippen LogP contribution in [-0.4, -0.2) is 47.0 Å². The number of fused-ring (bicyclic) bond motifs is 1. The maximum atomic E-state index is 5.58. The van der Waals surface area contributed by atoms with Crippen LogP contribution in [0.2, 0.25) is 0 Å². The molecular formula is C13H22N4O. The van der Waals surface area contributed by atoms with E-state index in [-0.39, 0.29) is 0 Å². The fraction of sp³-hybridized carbons (Fsp3) is 0.769. The molecule has 1 fully saturated rings. The lowest BCUT2D eigenvalue weighted by molar-refractivity contribution is 0.107. The summed E-state index contributed by atoms with van der Waals surface area (Å²) < 4.78 is 7.63. The van der Waals surface area contributed by atoms with Crippen molar-refractivity contribution in [2.75, 3.05) is 26.2 Å². The van der Waals surface area contributed by atoms with Crippen LogP contribution in [0.4, 0.5) is 0 Å². The van der Waals surface area contributed by atoms with Crippen molar-refractivity contribution in [1.29, 1.82) is 0 Å². The molecule has 1 aromatic rings. The van der Waals surface area contributed by atoms with E-state index in [0.717, 1.165) is 45.8 Å². The van der Waals surface area contributed by atoms with Crippen molar-refractivity contribution in [3.05, 3.63) is 17.0 Å². The van der Waals surface area contributed by atoms with Gasteiger partial charge < -0.3 is 10.1 Å². The Kier molecular flexibility index (Phi) is 3.37. The summed E-state index contributed by atoms with van der Waals surface area (Å²) in [4.78, 5) is 2.53. The topological polar surface area (TPSA) is 42.3 Å². The summed E-state index contributed by atoms with van der Waals surface area (Å²) in [6.07, 6.45) is 0.959. The molecule has 1 N–H and O–H groups in total. The summed E-state index contributed by atoms with van der Waals surface area (Å²) >= 11 is 0. The minimum absolute atomic E-state index is 0.591. The highest BCUT2D eigenvalue weighted by Gasteiger charge is 2.24. The number of hydrogen-bond acceptors (Lipinski definition) is 4. The predicted octanol–water partition coefficient (Wildman–Crippen LogP) is 0.286. The minimum Gasteiger partial charge on any atom is -0.376 e. The Labute approximate surface area is 108 Å². The smallest absolute Gasteiger partial charge is 0.0753 e. The lowest BCUT2D eigenvalue weighted by atomic mass is 10.1. The largest absolute Gasteiger partial charge is 0.376 e. The van der Waals surface area contributed by atoms with E-state index >= 15 is 0 Å². The number of piperazine rings is 1. The molecule has 3 heterocycles. The molecule has 0 aromatic carbocycles. The molecule has 1 unspecified atom stereocenters. The van der Waals surface area contributed by atoms with Gasteiger partial charge in [-0.3, -0.25) is 9.58 Å². The molecule has 100 valence electrons. The molecule has 5 heteroatoms. The Morgan fingerprint density at radius 1 is 1.50 bits per heavy atom. The van der Waals surface area contributed by atoms with Crippen molar-refractivity contribution in [3.8, 4) is 0 Å². The summed E-state index contributed by atoms with van der Waals surface area (Å²) in [7, 11) is 2.06. The maximum Gasteiger partial charge on any atom is 0.0753 e. The fourth-order valence-corrected chi connectivity index (χ4v) is 2.88. The van der Waals surface area contributed by atoms with Crippen LogP contribution in [-0.2, 0) is 31.4 Å². The first-order valence-corrected chi connectivity index (χ1v) is 6.82.